The van der Waals surface area contributed by atoms with Gasteiger partial charge in [0.1, 0.15) is 11.5 Å². The van der Waals surface area contributed by atoms with E-state index in [4.69, 9.17) is 5.73 Å². The summed E-state index contributed by atoms with van der Waals surface area (Å²) in [6, 6.07) is 7.85. The van der Waals surface area contributed by atoms with E-state index in [0.717, 1.165) is 10.6 Å². The van der Waals surface area contributed by atoms with Gasteiger partial charge in [0, 0.05) is 12.4 Å². The summed E-state index contributed by atoms with van der Waals surface area (Å²) in [6.07, 6.45) is -2.34. The minimum absolute atomic E-state index is 0.0388. The quantitative estimate of drug-likeness (QED) is 0.769. The summed E-state index contributed by atoms with van der Waals surface area (Å²) in [5.41, 5.74) is 5.00. The van der Waals surface area contributed by atoms with Crippen molar-refractivity contribution in [3.05, 3.63) is 59.7 Å². The molecule has 0 atom stereocenters. The number of alkyl halides is 3. The van der Waals surface area contributed by atoms with Crippen LogP contribution in [0.15, 0.2) is 42.7 Å². The first-order valence-corrected chi connectivity index (χ1v) is 6.89. The van der Waals surface area contributed by atoms with E-state index in [1.54, 1.807) is 18.2 Å². The first-order chi connectivity index (χ1) is 11.3. The molecule has 3 aromatic rings. The third-order valence-corrected chi connectivity index (χ3v) is 3.28. The van der Waals surface area contributed by atoms with Crippen LogP contribution in [-0.2, 0) is 12.7 Å². The Balaban J connectivity index is 1.85. The highest BCUT2D eigenvalue weighted by Crippen LogP contribution is 2.29. The largest absolute Gasteiger partial charge is 0.434 e. The van der Waals surface area contributed by atoms with E-state index in [-0.39, 0.29) is 17.8 Å². The molecule has 0 unspecified atom stereocenters. The lowest BCUT2D eigenvalue weighted by molar-refractivity contribution is -0.140. The van der Waals surface area contributed by atoms with E-state index in [2.05, 4.69) is 15.3 Å². The fraction of sp³-hybridized carbons (Fsp3) is 0.133. The molecule has 3 aromatic heterocycles. The van der Waals surface area contributed by atoms with Gasteiger partial charge in [-0.1, -0.05) is 6.07 Å². The van der Waals surface area contributed by atoms with E-state index in [0.29, 0.717) is 11.5 Å². The van der Waals surface area contributed by atoms with Crippen molar-refractivity contribution in [3.8, 4) is 0 Å². The fourth-order valence-corrected chi connectivity index (χ4v) is 2.19. The number of nitrogens with two attached hydrogens (primary N) is 1. The van der Waals surface area contributed by atoms with Crippen LogP contribution in [0, 0.1) is 0 Å². The number of nitrogens with zero attached hydrogens (tertiary/aromatic N) is 3. The number of aromatic nitrogens is 3. The molecule has 0 aliphatic carbocycles. The third kappa shape index (κ3) is 3.14. The summed E-state index contributed by atoms with van der Waals surface area (Å²) < 4.78 is 39.5. The second-order valence-corrected chi connectivity index (χ2v) is 5.01. The number of carbonyl (C=O) groups excluding carboxylic acids is 1. The van der Waals surface area contributed by atoms with E-state index >= 15 is 0 Å². The molecule has 6 nitrogen and oxygen atoms in total. The van der Waals surface area contributed by atoms with Gasteiger partial charge in [0.25, 0.3) is 5.91 Å². The molecular weight excluding hydrogens is 323 g/mol. The van der Waals surface area contributed by atoms with Crippen molar-refractivity contribution >= 4 is 17.4 Å². The van der Waals surface area contributed by atoms with Crippen LogP contribution in [-0.4, -0.2) is 20.3 Å². The number of carbonyl (C=O) groups is 1. The molecule has 124 valence electrons. The lowest BCUT2D eigenvalue weighted by Crippen LogP contribution is -2.24. The predicted molar refractivity (Wildman–Crippen MR) is 80.0 cm³/mol. The number of imidazole rings is 1. The van der Waals surface area contributed by atoms with Crippen molar-refractivity contribution in [2.75, 3.05) is 5.73 Å². The number of nitrogens with one attached hydrogen (secondary N) is 1. The summed E-state index contributed by atoms with van der Waals surface area (Å²) in [6.45, 7) is 0.0950. The Morgan fingerprint density at radius 2 is 2.00 bits per heavy atom. The van der Waals surface area contributed by atoms with Crippen molar-refractivity contribution in [1.82, 2.24) is 19.7 Å². The highest BCUT2D eigenvalue weighted by molar-refractivity contribution is 5.99. The van der Waals surface area contributed by atoms with Crippen molar-refractivity contribution in [3.63, 3.8) is 0 Å². The van der Waals surface area contributed by atoms with E-state index in [1.165, 1.54) is 18.3 Å². The summed E-state index contributed by atoms with van der Waals surface area (Å²) >= 11 is 0. The molecule has 1 amide bonds. The molecule has 3 N–H and O–H groups in total. The van der Waals surface area contributed by atoms with Gasteiger partial charge in [-0.15, -0.1) is 0 Å². The molecule has 0 aliphatic rings. The van der Waals surface area contributed by atoms with Gasteiger partial charge in [0.2, 0.25) is 0 Å². The van der Waals surface area contributed by atoms with Gasteiger partial charge in [-0.2, -0.15) is 13.2 Å². The zero-order valence-electron chi connectivity index (χ0n) is 12.2. The highest BCUT2D eigenvalue weighted by Gasteiger charge is 2.34. The Hall–Kier alpha value is -3.10. The van der Waals surface area contributed by atoms with Crippen LogP contribution < -0.4 is 11.1 Å². The zero-order valence-corrected chi connectivity index (χ0v) is 12.2. The standard InChI is InChI=1S/C15H12F3N5O/c16-15(17,18)11-8-23-6-2-4-10(13(23)22-11)14(24)20-7-9-3-1-5-12(19)21-9/h1-6,8H,7H2,(H2,19,21)(H,20,24). The maximum atomic E-state index is 12.8. The maximum absolute atomic E-state index is 12.8. The molecule has 0 aromatic carbocycles. The molecule has 24 heavy (non-hydrogen) atoms. The second-order valence-electron chi connectivity index (χ2n) is 5.01. The summed E-state index contributed by atoms with van der Waals surface area (Å²) in [5.74, 6) is -0.240. The number of fused-ring (bicyclic) bond motifs is 1. The van der Waals surface area contributed by atoms with Gasteiger partial charge in [-0.05, 0) is 24.3 Å². The number of nitrogen functional groups attached to an aromatic ring is 1. The molecular formula is C15H12F3N5O. The van der Waals surface area contributed by atoms with Crippen LogP contribution in [0.2, 0.25) is 0 Å². The molecule has 3 rings (SSSR count). The number of halogens is 3. The van der Waals surface area contributed by atoms with Crippen LogP contribution in [0.5, 0.6) is 0 Å². The first-order valence-electron chi connectivity index (χ1n) is 6.89. The lowest BCUT2D eigenvalue weighted by Gasteiger charge is -2.06. The molecule has 0 bridgehead atoms. The molecule has 0 spiro atoms. The van der Waals surface area contributed by atoms with Crippen molar-refractivity contribution in [2.45, 2.75) is 12.7 Å². The molecule has 0 saturated carbocycles. The zero-order chi connectivity index (χ0) is 17.3. The Kier molecular flexibility index (Phi) is 3.84. The molecule has 9 heteroatoms. The van der Waals surface area contributed by atoms with Crippen molar-refractivity contribution in [2.24, 2.45) is 0 Å². The fourth-order valence-electron chi connectivity index (χ4n) is 2.19. The third-order valence-electron chi connectivity index (χ3n) is 3.28. The smallest absolute Gasteiger partial charge is 0.384 e. The normalized spacial score (nSPS) is 11.6. The Morgan fingerprint density at radius 1 is 1.21 bits per heavy atom. The molecule has 0 radical (unpaired) electrons. The lowest BCUT2D eigenvalue weighted by atomic mass is 10.2. The van der Waals surface area contributed by atoms with Gasteiger partial charge in [0.05, 0.1) is 17.8 Å². The van der Waals surface area contributed by atoms with Crippen LogP contribution >= 0.6 is 0 Å². The molecule has 0 saturated heterocycles. The Bertz CT molecular complexity index is 904. The topological polar surface area (TPSA) is 85.3 Å². The number of hydrogen-bond donors (Lipinski definition) is 2. The average molecular weight is 335 g/mol. The Morgan fingerprint density at radius 3 is 2.71 bits per heavy atom. The number of rotatable bonds is 3. The van der Waals surface area contributed by atoms with Gasteiger partial charge < -0.3 is 15.5 Å². The summed E-state index contributed by atoms with van der Waals surface area (Å²) in [5, 5.41) is 2.59. The number of anilines is 1. The highest BCUT2D eigenvalue weighted by atomic mass is 19.4. The van der Waals surface area contributed by atoms with Gasteiger partial charge >= 0.3 is 6.18 Å². The van der Waals surface area contributed by atoms with Gasteiger partial charge in [0.15, 0.2) is 5.69 Å². The first kappa shape index (κ1) is 15.8. The molecule has 0 aliphatic heterocycles. The van der Waals surface area contributed by atoms with E-state index in [1.807, 2.05) is 0 Å². The van der Waals surface area contributed by atoms with Crippen molar-refractivity contribution in [1.29, 1.82) is 0 Å². The van der Waals surface area contributed by atoms with E-state index < -0.39 is 17.8 Å². The predicted octanol–water partition coefficient (Wildman–Crippen LogP) is 2.26. The Labute approximate surface area is 134 Å². The molecule has 0 fully saturated rings. The van der Waals surface area contributed by atoms with Gasteiger partial charge in [-0.3, -0.25) is 4.79 Å². The van der Waals surface area contributed by atoms with E-state index in [9.17, 15) is 18.0 Å². The monoisotopic (exact) mass is 335 g/mol. The second kappa shape index (κ2) is 5.84. The summed E-state index contributed by atoms with van der Waals surface area (Å²) in [4.78, 5) is 19.8. The van der Waals surface area contributed by atoms with Gasteiger partial charge in [-0.25, -0.2) is 9.97 Å². The molecule has 3 heterocycles. The number of pyridine rings is 2. The number of amides is 1. The van der Waals surface area contributed by atoms with Crippen molar-refractivity contribution < 1.29 is 18.0 Å². The summed E-state index contributed by atoms with van der Waals surface area (Å²) in [7, 11) is 0. The van der Waals surface area contributed by atoms with Crippen LogP contribution in [0.3, 0.4) is 0 Å². The van der Waals surface area contributed by atoms with Crippen LogP contribution in [0.4, 0.5) is 19.0 Å². The SMILES string of the molecule is Nc1cccc(CNC(=O)c2cccn3cc(C(F)(F)F)nc23)n1. The van der Waals surface area contributed by atoms with Crippen LogP contribution in [0.1, 0.15) is 21.7 Å². The minimum atomic E-state index is -4.58. The maximum Gasteiger partial charge on any atom is 0.434 e. The minimum Gasteiger partial charge on any atom is -0.384 e. The number of hydrogen-bond acceptors (Lipinski definition) is 4. The van der Waals surface area contributed by atoms with Crippen LogP contribution in [0.25, 0.3) is 5.65 Å². The average Bonchev–Trinajstić information content (AvgIpc) is 2.97.